The predicted molar refractivity (Wildman–Crippen MR) is 55.6 cm³/mol. The topological polar surface area (TPSA) is 17.1 Å². The van der Waals surface area contributed by atoms with Crippen LogP contribution in [0.15, 0.2) is 0 Å². The number of hydrogen-bond acceptors (Lipinski definition) is 1. The number of carbonyl (C=O) groups excluding carboxylic acids is 1. The zero-order valence-corrected chi connectivity index (χ0v) is 9.18. The Labute approximate surface area is 81.9 Å². The molecule has 0 amide bonds. The van der Waals surface area contributed by atoms with E-state index in [2.05, 4.69) is 13.8 Å². The van der Waals surface area contributed by atoms with Crippen molar-refractivity contribution in [2.45, 2.75) is 52.9 Å². The van der Waals surface area contributed by atoms with Gasteiger partial charge in [0.25, 0.3) is 0 Å². The van der Waals surface area contributed by atoms with Crippen molar-refractivity contribution in [3.8, 4) is 0 Å². The molecule has 0 aromatic carbocycles. The van der Waals surface area contributed by atoms with Crippen LogP contribution in [0.4, 0.5) is 0 Å². The van der Waals surface area contributed by atoms with Crippen LogP contribution in [-0.2, 0) is 4.79 Å². The third kappa shape index (κ3) is 3.50. The zero-order chi connectivity index (χ0) is 9.84. The minimum atomic E-state index is 0.353. The van der Waals surface area contributed by atoms with Gasteiger partial charge in [0.05, 0.1) is 0 Å². The van der Waals surface area contributed by atoms with Crippen LogP contribution < -0.4 is 0 Å². The van der Waals surface area contributed by atoms with E-state index in [1.807, 2.05) is 0 Å². The first-order chi connectivity index (χ1) is 6.09. The Bertz CT molecular complexity index is 166. The van der Waals surface area contributed by atoms with Crippen LogP contribution in [0.1, 0.15) is 52.9 Å². The Morgan fingerprint density at radius 3 is 2.31 bits per heavy atom. The number of hydrogen-bond donors (Lipinski definition) is 0. The lowest BCUT2D eigenvalue weighted by atomic mass is 9.75. The number of rotatable bonds is 3. The highest BCUT2D eigenvalue weighted by atomic mass is 16.1. The van der Waals surface area contributed by atoms with Crippen molar-refractivity contribution in [2.75, 3.05) is 0 Å². The first-order valence-corrected chi connectivity index (χ1v) is 5.59. The molecule has 1 aliphatic carbocycles. The minimum absolute atomic E-state index is 0.353. The monoisotopic (exact) mass is 182 g/mol. The van der Waals surface area contributed by atoms with Crippen LogP contribution in [0, 0.1) is 17.8 Å². The molecule has 0 heterocycles. The summed E-state index contributed by atoms with van der Waals surface area (Å²) in [6.45, 7) is 6.29. The molecule has 0 aromatic rings. The molecule has 0 saturated heterocycles. The summed E-state index contributed by atoms with van der Waals surface area (Å²) in [5.74, 6) is 2.71. The molecule has 0 radical (unpaired) electrons. The fraction of sp³-hybridized carbons (Fsp3) is 0.917. The maximum Gasteiger partial charge on any atom is 0.130 e. The number of carbonyl (C=O) groups is 1. The molecule has 0 spiro atoms. The van der Waals surface area contributed by atoms with Gasteiger partial charge in [0.2, 0.25) is 0 Å². The Morgan fingerprint density at radius 2 is 1.85 bits per heavy atom. The molecule has 0 N–H and O–H groups in total. The van der Waals surface area contributed by atoms with Crippen molar-refractivity contribution < 1.29 is 4.79 Å². The predicted octanol–water partition coefficient (Wildman–Crippen LogP) is 3.43. The Kier molecular flexibility index (Phi) is 3.95. The van der Waals surface area contributed by atoms with E-state index in [0.717, 1.165) is 18.3 Å². The van der Waals surface area contributed by atoms with E-state index in [9.17, 15) is 4.79 Å². The summed E-state index contributed by atoms with van der Waals surface area (Å²) in [7, 11) is 0. The summed E-state index contributed by atoms with van der Waals surface area (Å²) in [5.41, 5.74) is 0. The Morgan fingerprint density at radius 1 is 1.31 bits per heavy atom. The summed E-state index contributed by atoms with van der Waals surface area (Å²) in [6, 6.07) is 0. The summed E-state index contributed by atoms with van der Waals surface area (Å²) in [4.78, 5) is 11.0. The van der Waals surface area contributed by atoms with Gasteiger partial charge in [-0.3, -0.25) is 0 Å². The molecular weight excluding hydrogens is 160 g/mol. The van der Waals surface area contributed by atoms with E-state index in [1.165, 1.54) is 25.7 Å². The lowest BCUT2D eigenvalue weighted by Gasteiger charge is -2.30. The average molecular weight is 182 g/mol. The van der Waals surface area contributed by atoms with Crippen molar-refractivity contribution in [3.63, 3.8) is 0 Å². The van der Waals surface area contributed by atoms with E-state index < -0.39 is 0 Å². The van der Waals surface area contributed by atoms with E-state index in [1.54, 1.807) is 6.92 Å². The molecule has 1 saturated carbocycles. The van der Waals surface area contributed by atoms with E-state index in [0.29, 0.717) is 11.7 Å². The number of ketones is 1. The molecule has 0 bridgehead atoms. The lowest BCUT2D eigenvalue weighted by molar-refractivity contribution is -0.118. The molecule has 1 nitrogen and oxygen atoms in total. The molecule has 0 aromatic heterocycles. The van der Waals surface area contributed by atoms with Crippen LogP contribution in [0.2, 0.25) is 0 Å². The van der Waals surface area contributed by atoms with Gasteiger partial charge in [-0.15, -0.1) is 0 Å². The molecule has 1 atom stereocenters. The van der Waals surface area contributed by atoms with Gasteiger partial charge in [0, 0.05) is 6.42 Å². The second-order valence-electron chi connectivity index (χ2n) is 4.90. The average Bonchev–Trinajstić information content (AvgIpc) is 2.04. The van der Waals surface area contributed by atoms with Gasteiger partial charge in [-0.2, -0.15) is 0 Å². The standard InChI is InChI=1S/C12H22O/c1-9-4-6-12(7-5-9)10(2)8-11(3)13/h9-10,12H,4-8H2,1-3H3/t9?,10-,12?/m1/s1. The lowest BCUT2D eigenvalue weighted by Crippen LogP contribution is -2.20. The fourth-order valence-electron chi connectivity index (χ4n) is 2.47. The third-order valence-corrected chi connectivity index (χ3v) is 3.47. The summed E-state index contributed by atoms with van der Waals surface area (Å²) in [5, 5.41) is 0. The zero-order valence-electron chi connectivity index (χ0n) is 9.18. The van der Waals surface area contributed by atoms with Crippen molar-refractivity contribution >= 4 is 5.78 Å². The minimum Gasteiger partial charge on any atom is -0.300 e. The first kappa shape index (κ1) is 10.7. The highest BCUT2D eigenvalue weighted by molar-refractivity contribution is 5.75. The molecule has 1 heteroatoms. The van der Waals surface area contributed by atoms with Gasteiger partial charge >= 0.3 is 0 Å². The first-order valence-electron chi connectivity index (χ1n) is 5.59. The largest absolute Gasteiger partial charge is 0.300 e. The van der Waals surface area contributed by atoms with Crippen molar-refractivity contribution in [1.82, 2.24) is 0 Å². The van der Waals surface area contributed by atoms with Crippen LogP contribution in [0.25, 0.3) is 0 Å². The van der Waals surface area contributed by atoms with Gasteiger partial charge in [-0.25, -0.2) is 0 Å². The van der Waals surface area contributed by atoms with Gasteiger partial charge in [0.15, 0.2) is 0 Å². The molecular formula is C12H22O. The fourth-order valence-corrected chi connectivity index (χ4v) is 2.47. The Balaban J connectivity index is 2.31. The maximum atomic E-state index is 11.0. The molecule has 0 unspecified atom stereocenters. The highest BCUT2D eigenvalue weighted by Gasteiger charge is 2.23. The van der Waals surface area contributed by atoms with E-state index in [-0.39, 0.29) is 0 Å². The van der Waals surface area contributed by atoms with E-state index >= 15 is 0 Å². The second kappa shape index (κ2) is 4.78. The van der Waals surface area contributed by atoms with Crippen LogP contribution in [0.5, 0.6) is 0 Å². The van der Waals surface area contributed by atoms with Gasteiger partial charge in [0.1, 0.15) is 5.78 Å². The normalized spacial score (nSPS) is 31.3. The van der Waals surface area contributed by atoms with Crippen LogP contribution in [0.3, 0.4) is 0 Å². The third-order valence-electron chi connectivity index (χ3n) is 3.47. The molecule has 1 fully saturated rings. The van der Waals surface area contributed by atoms with E-state index in [4.69, 9.17) is 0 Å². The molecule has 76 valence electrons. The highest BCUT2D eigenvalue weighted by Crippen LogP contribution is 2.34. The number of Topliss-reactive ketones (excluding diaryl/α,β-unsaturated/α-hetero) is 1. The van der Waals surface area contributed by atoms with Crippen LogP contribution in [-0.4, -0.2) is 5.78 Å². The Hall–Kier alpha value is -0.330. The van der Waals surface area contributed by atoms with Crippen molar-refractivity contribution in [1.29, 1.82) is 0 Å². The summed E-state index contributed by atoms with van der Waals surface area (Å²) in [6.07, 6.45) is 6.21. The van der Waals surface area contributed by atoms with Crippen molar-refractivity contribution in [2.24, 2.45) is 17.8 Å². The maximum absolute atomic E-state index is 11.0. The second-order valence-corrected chi connectivity index (χ2v) is 4.90. The van der Waals surface area contributed by atoms with Gasteiger partial charge in [-0.05, 0) is 37.5 Å². The molecule has 1 aliphatic rings. The quantitative estimate of drug-likeness (QED) is 0.653. The molecule has 1 rings (SSSR count). The molecule has 13 heavy (non-hydrogen) atoms. The van der Waals surface area contributed by atoms with Gasteiger partial charge in [-0.1, -0.05) is 26.7 Å². The SMILES string of the molecule is CC(=O)C[C@@H](C)C1CCC(C)CC1. The summed E-state index contributed by atoms with van der Waals surface area (Å²) < 4.78 is 0. The van der Waals surface area contributed by atoms with Crippen molar-refractivity contribution in [3.05, 3.63) is 0 Å². The summed E-state index contributed by atoms with van der Waals surface area (Å²) >= 11 is 0. The van der Waals surface area contributed by atoms with Gasteiger partial charge < -0.3 is 4.79 Å². The molecule has 0 aliphatic heterocycles. The smallest absolute Gasteiger partial charge is 0.130 e. The van der Waals surface area contributed by atoms with Crippen LogP contribution >= 0.6 is 0 Å².